The lowest BCUT2D eigenvalue weighted by molar-refractivity contribution is -0.136. The first kappa shape index (κ1) is 18.5. The molecule has 0 bridgehead atoms. The van der Waals surface area contributed by atoms with Crippen molar-refractivity contribution in [2.75, 3.05) is 0 Å². The molecule has 0 saturated carbocycles. The third-order valence-electron chi connectivity index (χ3n) is 3.97. The number of carboxylic acid groups (broad SMARTS) is 1. The van der Waals surface area contributed by atoms with E-state index in [4.69, 9.17) is 25.9 Å². The molecule has 2 aromatic carbocycles. The third-order valence-corrected chi connectivity index (χ3v) is 4.82. The molecular formula is C19H14BrClO5. The monoisotopic (exact) mass is 436 g/mol. The van der Waals surface area contributed by atoms with Gasteiger partial charge in [-0.15, -0.1) is 0 Å². The molecule has 1 heterocycles. The van der Waals surface area contributed by atoms with Gasteiger partial charge in [-0.1, -0.05) is 39.7 Å². The van der Waals surface area contributed by atoms with Crippen LogP contribution in [0.2, 0.25) is 5.02 Å². The summed E-state index contributed by atoms with van der Waals surface area (Å²) in [6, 6.07) is 11.1. The van der Waals surface area contributed by atoms with Crippen LogP contribution in [0.15, 0.2) is 50.1 Å². The fourth-order valence-corrected chi connectivity index (χ4v) is 3.36. The number of fused-ring (bicyclic) bond motifs is 1. The standard InChI is InChI=1S/C19H14BrClO5/c1-10-13-5-6-15(25-9-11-3-2-4-12(20)7-11)17(21)18(13)26-19(24)14(10)8-16(22)23/h2-7H,8-9H2,1H3,(H,22,23). The summed E-state index contributed by atoms with van der Waals surface area (Å²) in [6.45, 7) is 1.97. The van der Waals surface area contributed by atoms with E-state index in [1.807, 2.05) is 24.3 Å². The van der Waals surface area contributed by atoms with Gasteiger partial charge in [-0.05, 0) is 42.3 Å². The number of carboxylic acids is 1. The Morgan fingerprint density at radius 3 is 2.77 bits per heavy atom. The van der Waals surface area contributed by atoms with E-state index >= 15 is 0 Å². The minimum atomic E-state index is -1.10. The number of hydrogen-bond donors (Lipinski definition) is 1. The zero-order chi connectivity index (χ0) is 18.8. The van der Waals surface area contributed by atoms with Gasteiger partial charge in [0.2, 0.25) is 0 Å². The minimum Gasteiger partial charge on any atom is -0.487 e. The number of carbonyl (C=O) groups is 1. The Kier molecular flexibility index (Phi) is 5.34. The van der Waals surface area contributed by atoms with Crippen molar-refractivity contribution in [3.63, 3.8) is 0 Å². The SMILES string of the molecule is Cc1c(CC(=O)O)c(=O)oc2c(Cl)c(OCc3cccc(Br)c3)ccc12. The maximum atomic E-state index is 12.1. The summed E-state index contributed by atoms with van der Waals surface area (Å²) in [6.07, 6.45) is -0.400. The van der Waals surface area contributed by atoms with Crippen molar-refractivity contribution in [3.8, 4) is 5.75 Å². The van der Waals surface area contributed by atoms with Gasteiger partial charge in [0.25, 0.3) is 0 Å². The zero-order valence-electron chi connectivity index (χ0n) is 13.7. The van der Waals surface area contributed by atoms with Gasteiger partial charge in [0.1, 0.15) is 17.4 Å². The van der Waals surface area contributed by atoms with Crippen molar-refractivity contribution in [1.82, 2.24) is 0 Å². The van der Waals surface area contributed by atoms with E-state index in [0.29, 0.717) is 23.3 Å². The third kappa shape index (κ3) is 3.76. The zero-order valence-corrected chi connectivity index (χ0v) is 16.1. The quantitative estimate of drug-likeness (QED) is 0.584. The van der Waals surface area contributed by atoms with Crippen LogP contribution in [0, 0.1) is 6.92 Å². The Labute approximate surface area is 162 Å². The minimum absolute atomic E-state index is 0.115. The van der Waals surface area contributed by atoms with Gasteiger partial charge < -0.3 is 14.3 Å². The lowest BCUT2D eigenvalue weighted by Gasteiger charge is -2.12. The highest BCUT2D eigenvalue weighted by molar-refractivity contribution is 9.10. The molecule has 0 aliphatic heterocycles. The van der Waals surface area contributed by atoms with Crippen LogP contribution in [0.4, 0.5) is 0 Å². The topological polar surface area (TPSA) is 76.7 Å². The van der Waals surface area contributed by atoms with Crippen LogP contribution < -0.4 is 10.4 Å². The average molecular weight is 438 g/mol. The first-order valence-corrected chi connectivity index (χ1v) is 8.87. The van der Waals surface area contributed by atoms with Crippen molar-refractivity contribution < 1.29 is 19.1 Å². The van der Waals surface area contributed by atoms with Crippen molar-refractivity contribution >= 4 is 44.5 Å². The van der Waals surface area contributed by atoms with E-state index in [2.05, 4.69) is 15.9 Å². The number of aryl methyl sites for hydroxylation is 1. The summed E-state index contributed by atoms with van der Waals surface area (Å²) in [5.41, 5.74) is 1.09. The van der Waals surface area contributed by atoms with E-state index in [1.54, 1.807) is 19.1 Å². The lowest BCUT2D eigenvalue weighted by Crippen LogP contribution is -2.15. The number of hydrogen-bond acceptors (Lipinski definition) is 4. The molecule has 3 rings (SSSR count). The van der Waals surface area contributed by atoms with Gasteiger partial charge in [-0.2, -0.15) is 0 Å². The van der Waals surface area contributed by atoms with Crippen LogP contribution in [-0.2, 0) is 17.8 Å². The largest absolute Gasteiger partial charge is 0.487 e. The number of aliphatic carboxylic acids is 1. The van der Waals surface area contributed by atoms with Crippen molar-refractivity contribution in [3.05, 3.63) is 73.0 Å². The Bertz CT molecular complexity index is 1060. The van der Waals surface area contributed by atoms with Gasteiger partial charge in [0.05, 0.1) is 12.0 Å². The molecule has 0 atom stereocenters. The smallest absolute Gasteiger partial charge is 0.340 e. The summed E-state index contributed by atoms with van der Waals surface area (Å²) in [7, 11) is 0. The molecule has 0 unspecified atom stereocenters. The van der Waals surface area contributed by atoms with E-state index in [9.17, 15) is 9.59 Å². The predicted molar refractivity (Wildman–Crippen MR) is 102 cm³/mol. The second kappa shape index (κ2) is 7.51. The highest BCUT2D eigenvalue weighted by atomic mass is 79.9. The maximum absolute atomic E-state index is 12.1. The van der Waals surface area contributed by atoms with Crippen LogP contribution in [0.25, 0.3) is 11.0 Å². The molecule has 0 radical (unpaired) electrons. The molecular weight excluding hydrogens is 424 g/mol. The first-order chi connectivity index (χ1) is 12.4. The van der Waals surface area contributed by atoms with Gasteiger partial charge in [-0.25, -0.2) is 4.79 Å². The molecule has 0 aliphatic rings. The second-order valence-corrected chi connectivity index (χ2v) is 7.03. The number of ether oxygens (including phenoxy) is 1. The first-order valence-electron chi connectivity index (χ1n) is 7.70. The summed E-state index contributed by atoms with van der Waals surface area (Å²) < 4.78 is 12.0. The van der Waals surface area contributed by atoms with Crippen molar-refractivity contribution in [2.45, 2.75) is 20.0 Å². The molecule has 7 heteroatoms. The van der Waals surface area contributed by atoms with Crippen LogP contribution >= 0.6 is 27.5 Å². The fourth-order valence-electron chi connectivity index (χ4n) is 2.66. The highest BCUT2D eigenvalue weighted by Crippen LogP contribution is 2.34. The molecule has 0 saturated heterocycles. The molecule has 0 fully saturated rings. The van der Waals surface area contributed by atoms with Gasteiger partial charge >= 0.3 is 11.6 Å². The van der Waals surface area contributed by atoms with Crippen LogP contribution in [0.5, 0.6) is 5.75 Å². The molecule has 0 aliphatic carbocycles. The Hall–Kier alpha value is -2.31. The predicted octanol–water partition coefficient (Wildman–Crippen LogP) is 4.72. The van der Waals surface area contributed by atoms with E-state index in [0.717, 1.165) is 10.0 Å². The van der Waals surface area contributed by atoms with Gasteiger partial charge in [0, 0.05) is 9.86 Å². The van der Waals surface area contributed by atoms with Crippen molar-refractivity contribution in [2.24, 2.45) is 0 Å². The summed E-state index contributed by atoms with van der Waals surface area (Å²) >= 11 is 9.76. The molecule has 0 amide bonds. The van der Waals surface area contributed by atoms with Crippen molar-refractivity contribution in [1.29, 1.82) is 0 Å². The van der Waals surface area contributed by atoms with Crippen LogP contribution in [0.3, 0.4) is 0 Å². The molecule has 134 valence electrons. The van der Waals surface area contributed by atoms with E-state index < -0.39 is 18.0 Å². The number of rotatable bonds is 5. The molecule has 0 spiro atoms. The summed E-state index contributed by atoms with van der Waals surface area (Å²) in [5.74, 6) is -0.715. The number of benzene rings is 2. The Balaban J connectivity index is 1.98. The average Bonchev–Trinajstić information content (AvgIpc) is 2.58. The highest BCUT2D eigenvalue weighted by Gasteiger charge is 2.18. The summed E-state index contributed by atoms with van der Waals surface area (Å²) in [4.78, 5) is 23.1. The van der Waals surface area contributed by atoms with E-state index in [-0.39, 0.29) is 16.2 Å². The molecule has 5 nitrogen and oxygen atoms in total. The normalized spacial score (nSPS) is 10.9. The second-order valence-electron chi connectivity index (χ2n) is 5.74. The number of halogens is 2. The molecule has 1 N–H and O–H groups in total. The summed E-state index contributed by atoms with van der Waals surface area (Å²) in [5, 5.41) is 9.72. The molecule has 3 aromatic rings. The van der Waals surface area contributed by atoms with Gasteiger partial charge in [-0.3, -0.25) is 4.79 Å². The lowest BCUT2D eigenvalue weighted by atomic mass is 10.0. The van der Waals surface area contributed by atoms with Crippen LogP contribution in [0.1, 0.15) is 16.7 Å². The maximum Gasteiger partial charge on any atom is 0.340 e. The van der Waals surface area contributed by atoms with Crippen LogP contribution in [-0.4, -0.2) is 11.1 Å². The fraction of sp³-hybridized carbons (Fsp3) is 0.158. The van der Waals surface area contributed by atoms with Gasteiger partial charge in [0.15, 0.2) is 5.58 Å². The Morgan fingerprint density at radius 1 is 1.31 bits per heavy atom. The molecule has 1 aromatic heterocycles. The Morgan fingerprint density at radius 2 is 2.08 bits per heavy atom. The van der Waals surface area contributed by atoms with E-state index in [1.165, 1.54) is 0 Å². The molecule has 26 heavy (non-hydrogen) atoms.